The molecule has 0 amide bonds. The molecule has 192 valence electrons. The largest absolute Gasteiger partial charge is 0.496 e. The Labute approximate surface area is 210 Å². The van der Waals surface area contributed by atoms with Crippen molar-refractivity contribution in [3.8, 4) is 28.3 Å². The molecular formula is C26H24F3N5O3. The molecule has 1 aliphatic heterocycles. The fourth-order valence-electron chi connectivity index (χ4n) is 4.32. The van der Waals surface area contributed by atoms with Crippen molar-refractivity contribution in [3.05, 3.63) is 66.7 Å². The van der Waals surface area contributed by atoms with E-state index in [9.17, 15) is 13.2 Å². The van der Waals surface area contributed by atoms with E-state index in [0.717, 1.165) is 11.9 Å². The number of para-hydroxylation sites is 1. The van der Waals surface area contributed by atoms with Crippen LogP contribution in [-0.2, 0) is 10.9 Å². The summed E-state index contributed by atoms with van der Waals surface area (Å²) in [5.74, 6) is 0.537. The van der Waals surface area contributed by atoms with Gasteiger partial charge in [-0.15, -0.1) is 0 Å². The number of nitrogens with zero attached hydrogens (tertiary/aromatic N) is 3. The number of nitrogens with one attached hydrogen (secondary N) is 1. The van der Waals surface area contributed by atoms with Crippen molar-refractivity contribution in [1.29, 1.82) is 0 Å². The maximum absolute atomic E-state index is 14.2. The molecular weight excluding hydrogens is 487 g/mol. The van der Waals surface area contributed by atoms with E-state index >= 15 is 0 Å². The average molecular weight is 512 g/mol. The first-order chi connectivity index (χ1) is 17.9. The number of alkyl halides is 3. The van der Waals surface area contributed by atoms with Crippen molar-refractivity contribution in [2.24, 2.45) is 0 Å². The summed E-state index contributed by atoms with van der Waals surface area (Å²) >= 11 is 0. The Morgan fingerprint density at radius 1 is 1.05 bits per heavy atom. The summed E-state index contributed by atoms with van der Waals surface area (Å²) in [6.07, 6.45) is -1.13. The van der Waals surface area contributed by atoms with Gasteiger partial charge >= 0.3 is 6.18 Å². The summed E-state index contributed by atoms with van der Waals surface area (Å²) in [6, 6.07) is 12.1. The van der Waals surface area contributed by atoms with Gasteiger partial charge in [-0.3, -0.25) is 0 Å². The monoisotopic (exact) mass is 511 g/mol. The first-order valence-corrected chi connectivity index (χ1v) is 11.5. The van der Waals surface area contributed by atoms with Crippen LogP contribution in [0, 0.1) is 0 Å². The van der Waals surface area contributed by atoms with Crippen LogP contribution >= 0.6 is 0 Å². The summed E-state index contributed by atoms with van der Waals surface area (Å²) < 4.78 is 59.2. The van der Waals surface area contributed by atoms with Crippen LogP contribution < -0.4 is 20.7 Å². The van der Waals surface area contributed by atoms with Crippen LogP contribution in [0.25, 0.3) is 22.6 Å². The summed E-state index contributed by atoms with van der Waals surface area (Å²) in [5.41, 5.74) is 7.14. The van der Waals surface area contributed by atoms with Gasteiger partial charge in [-0.05, 0) is 24.3 Å². The van der Waals surface area contributed by atoms with Crippen LogP contribution in [0.15, 0.2) is 65.5 Å². The third-order valence-electron chi connectivity index (χ3n) is 6.09. The highest BCUT2D eigenvalue weighted by Crippen LogP contribution is 2.47. The molecule has 5 rings (SSSR count). The van der Waals surface area contributed by atoms with Gasteiger partial charge in [0, 0.05) is 36.6 Å². The van der Waals surface area contributed by atoms with Crippen LogP contribution in [0.1, 0.15) is 5.56 Å². The number of morpholine rings is 1. The van der Waals surface area contributed by atoms with Gasteiger partial charge in [0.1, 0.15) is 17.8 Å². The van der Waals surface area contributed by atoms with Crippen LogP contribution in [-0.4, -0.2) is 43.4 Å². The van der Waals surface area contributed by atoms with Crippen LogP contribution in [0.5, 0.6) is 5.75 Å². The van der Waals surface area contributed by atoms with E-state index in [1.807, 2.05) is 6.07 Å². The van der Waals surface area contributed by atoms with Crippen LogP contribution in [0.3, 0.4) is 0 Å². The zero-order valence-electron chi connectivity index (χ0n) is 19.9. The Kier molecular flexibility index (Phi) is 6.62. The van der Waals surface area contributed by atoms with E-state index in [1.54, 1.807) is 36.4 Å². The van der Waals surface area contributed by atoms with Crippen molar-refractivity contribution in [2.75, 3.05) is 49.4 Å². The van der Waals surface area contributed by atoms with Crippen molar-refractivity contribution >= 4 is 22.9 Å². The Morgan fingerprint density at radius 2 is 1.84 bits per heavy atom. The fraction of sp³-hybridized carbons (Fsp3) is 0.231. The standard InChI is InChI=1S/C26H24F3N5O3/c1-35-21-14-16(34-9-12-36-13-10-34)6-7-18(21)22-23(19(26(27,28)29)15-32-24(22)30)33-20-5-3-2-4-17(20)25-31-8-11-37-25/h2-8,11,14-15H,9-10,12-13H2,1H3,(H3,30,32,33). The highest BCUT2D eigenvalue weighted by Gasteiger charge is 2.37. The predicted octanol–water partition coefficient (Wildman–Crippen LogP) is 5.59. The van der Waals surface area contributed by atoms with E-state index in [1.165, 1.54) is 19.6 Å². The van der Waals surface area contributed by atoms with Crippen molar-refractivity contribution < 1.29 is 27.1 Å². The number of hydrogen-bond acceptors (Lipinski definition) is 8. The lowest BCUT2D eigenvalue weighted by Gasteiger charge is -2.29. The molecule has 0 atom stereocenters. The highest BCUT2D eigenvalue weighted by atomic mass is 19.4. The number of aromatic nitrogens is 2. The van der Waals surface area contributed by atoms with Crippen molar-refractivity contribution in [1.82, 2.24) is 9.97 Å². The molecule has 0 radical (unpaired) electrons. The minimum Gasteiger partial charge on any atom is -0.496 e. The number of pyridine rings is 1. The molecule has 0 bridgehead atoms. The first kappa shape index (κ1) is 24.4. The molecule has 37 heavy (non-hydrogen) atoms. The number of nitrogens with two attached hydrogens (primary N) is 1. The maximum Gasteiger partial charge on any atom is 0.419 e. The van der Waals surface area contributed by atoms with Gasteiger partial charge in [0.2, 0.25) is 5.89 Å². The zero-order chi connectivity index (χ0) is 26.0. The lowest BCUT2D eigenvalue weighted by atomic mass is 9.99. The van der Waals surface area contributed by atoms with Gasteiger partial charge in [-0.2, -0.15) is 13.2 Å². The molecule has 2 aromatic carbocycles. The molecule has 0 saturated carbocycles. The van der Waals surface area contributed by atoms with Gasteiger partial charge < -0.3 is 29.8 Å². The van der Waals surface area contributed by atoms with Gasteiger partial charge in [0.25, 0.3) is 0 Å². The number of halogens is 3. The van der Waals surface area contributed by atoms with E-state index in [2.05, 4.69) is 20.2 Å². The molecule has 1 fully saturated rings. The van der Waals surface area contributed by atoms with Crippen LogP contribution in [0.4, 0.5) is 36.1 Å². The van der Waals surface area contributed by atoms with Gasteiger partial charge in [0.05, 0.1) is 54.6 Å². The molecule has 3 heterocycles. The number of nitrogen functional groups attached to an aromatic ring is 1. The highest BCUT2D eigenvalue weighted by molar-refractivity contribution is 5.94. The van der Waals surface area contributed by atoms with E-state index in [-0.39, 0.29) is 23.0 Å². The average Bonchev–Trinajstić information content (AvgIpc) is 3.44. The third-order valence-corrected chi connectivity index (χ3v) is 6.09. The Balaban J connectivity index is 1.67. The molecule has 8 nitrogen and oxygen atoms in total. The number of hydrogen-bond donors (Lipinski definition) is 2. The Hall–Kier alpha value is -4.25. The minimum absolute atomic E-state index is 0.0717. The van der Waals surface area contributed by atoms with Crippen molar-refractivity contribution in [2.45, 2.75) is 6.18 Å². The fourth-order valence-corrected chi connectivity index (χ4v) is 4.32. The van der Waals surface area contributed by atoms with E-state index < -0.39 is 11.7 Å². The number of oxazole rings is 1. The second-order valence-corrected chi connectivity index (χ2v) is 8.30. The number of rotatable bonds is 6. The lowest BCUT2D eigenvalue weighted by molar-refractivity contribution is -0.137. The number of ether oxygens (including phenoxy) is 2. The molecule has 0 unspecified atom stereocenters. The normalized spacial score (nSPS) is 14.0. The topological polar surface area (TPSA) is 98.7 Å². The zero-order valence-corrected chi connectivity index (χ0v) is 19.9. The molecule has 1 saturated heterocycles. The van der Waals surface area contributed by atoms with E-state index in [0.29, 0.717) is 48.9 Å². The lowest BCUT2D eigenvalue weighted by Crippen LogP contribution is -2.36. The smallest absolute Gasteiger partial charge is 0.419 e. The van der Waals surface area contributed by atoms with Gasteiger partial charge in [0.15, 0.2) is 0 Å². The van der Waals surface area contributed by atoms with E-state index in [4.69, 9.17) is 19.6 Å². The number of benzene rings is 2. The maximum atomic E-state index is 14.2. The molecule has 0 spiro atoms. The molecule has 0 aliphatic carbocycles. The summed E-state index contributed by atoms with van der Waals surface area (Å²) in [6.45, 7) is 2.57. The van der Waals surface area contributed by atoms with Crippen LogP contribution in [0.2, 0.25) is 0 Å². The molecule has 11 heteroatoms. The summed E-state index contributed by atoms with van der Waals surface area (Å²) in [5, 5.41) is 2.95. The molecule has 3 N–H and O–H groups in total. The SMILES string of the molecule is COc1cc(N2CCOCC2)ccc1-c1c(N)ncc(C(F)(F)F)c1Nc1ccccc1-c1ncco1. The second-order valence-electron chi connectivity index (χ2n) is 8.30. The molecule has 1 aliphatic rings. The molecule has 2 aromatic heterocycles. The number of anilines is 4. The summed E-state index contributed by atoms with van der Waals surface area (Å²) in [4.78, 5) is 10.1. The predicted molar refractivity (Wildman–Crippen MR) is 134 cm³/mol. The molecule has 4 aromatic rings. The second kappa shape index (κ2) is 10.0. The number of methoxy groups -OCH3 is 1. The van der Waals surface area contributed by atoms with Crippen molar-refractivity contribution in [3.63, 3.8) is 0 Å². The van der Waals surface area contributed by atoms with Gasteiger partial charge in [-0.1, -0.05) is 12.1 Å². The Bertz CT molecular complexity index is 1390. The minimum atomic E-state index is -4.71. The quantitative estimate of drug-likeness (QED) is 0.346. The third kappa shape index (κ3) is 4.90. The summed E-state index contributed by atoms with van der Waals surface area (Å²) in [7, 11) is 1.46. The Morgan fingerprint density at radius 3 is 2.54 bits per heavy atom. The van der Waals surface area contributed by atoms with Gasteiger partial charge in [-0.25, -0.2) is 9.97 Å². The first-order valence-electron chi connectivity index (χ1n) is 11.5.